The third kappa shape index (κ3) is 3.17. The molecule has 0 unspecified atom stereocenters. The van der Waals surface area contributed by atoms with Crippen LogP contribution in [0.1, 0.15) is 10.4 Å². The van der Waals surface area contributed by atoms with Crippen molar-refractivity contribution >= 4 is 23.1 Å². The molecule has 0 saturated carbocycles. The lowest BCUT2D eigenvalue weighted by Crippen LogP contribution is -2.26. The van der Waals surface area contributed by atoms with Gasteiger partial charge in [-0.05, 0) is 42.8 Å². The van der Waals surface area contributed by atoms with Crippen LogP contribution in [0.25, 0.3) is 10.4 Å². The van der Waals surface area contributed by atoms with Gasteiger partial charge in [0.25, 0.3) is 0 Å². The van der Waals surface area contributed by atoms with Crippen molar-refractivity contribution in [3.63, 3.8) is 0 Å². The van der Waals surface area contributed by atoms with Crippen LogP contribution in [0, 0.1) is 6.92 Å². The van der Waals surface area contributed by atoms with E-state index in [1.807, 2.05) is 12.1 Å². The molecule has 4 rings (SSSR count). The molecule has 0 spiro atoms. The molecule has 0 fully saturated rings. The third-order valence-corrected chi connectivity index (χ3v) is 5.38. The maximum absolute atomic E-state index is 6.01. The lowest BCUT2D eigenvalue weighted by molar-refractivity contribution is 0.305. The van der Waals surface area contributed by atoms with Gasteiger partial charge in [-0.2, -0.15) is 4.98 Å². The van der Waals surface area contributed by atoms with Crippen LogP contribution < -0.4 is 20.1 Å². The van der Waals surface area contributed by atoms with E-state index in [-0.39, 0.29) is 5.95 Å². The molecule has 0 atom stereocenters. The summed E-state index contributed by atoms with van der Waals surface area (Å²) in [7, 11) is 1.68. The fourth-order valence-corrected chi connectivity index (χ4v) is 3.96. The lowest BCUT2D eigenvalue weighted by Gasteiger charge is -2.21. The Balaban J connectivity index is 1.76. The van der Waals surface area contributed by atoms with Crippen molar-refractivity contribution in [2.75, 3.05) is 30.9 Å². The highest BCUT2D eigenvalue weighted by Crippen LogP contribution is 2.40. The summed E-state index contributed by atoms with van der Waals surface area (Å²) < 4.78 is 11.6. The van der Waals surface area contributed by atoms with Crippen LogP contribution in [0.15, 0.2) is 36.5 Å². The quantitative estimate of drug-likeness (QED) is 0.763. The zero-order valence-corrected chi connectivity index (χ0v) is 15.5. The number of thiophene rings is 1. The molecule has 1 aliphatic heterocycles. The zero-order valence-electron chi connectivity index (χ0n) is 14.7. The Morgan fingerprint density at radius 2 is 2.15 bits per heavy atom. The molecule has 134 valence electrons. The van der Waals surface area contributed by atoms with E-state index in [1.54, 1.807) is 24.6 Å². The van der Waals surface area contributed by atoms with Crippen LogP contribution >= 0.6 is 11.3 Å². The predicted molar refractivity (Wildman–Crippen MR) is 104 cm³/mol. The number of nitrogen functional groups attached to an aromatic ring is 1. The number of hydrogen-bond acceptors (Lipinski definition) is 7. The van der Waals surface area contributed by atoms with Crippen molar-refractivity contribution in [3.8, 4) is 21.9 Å². The van der Waals surface area contributed by atoms with Crippen LogP contribution in [0.4, 0.5) is 11.8 Å². The number of fused-ring (bicyclic) bond motifs is 1. The fourth-order valence-electron chi connectivity index (χ4n) is 3.10. The Kier molecular flexibility index (Phi) is 4.38. The minimum absolute atomic E-state index is 0.272. The molecule has 2 N–H and O–H groups in total. The minimum atomic E-state index is 0.272. The minimum Gasteiger partial charge on any atom is -0.493 e. The Morgan fingerprint density at radius 3 is 2.88 bits per heavy atom. The summed E-state index contributed by atoms with van der Waals surface area (Å²) in [6.45, 7) is 4.03. The average Bonchev–Trinajstić information content (AvgIpc) is 2.96. The molecule has 0 amide bonds. The largest absolute Gasteiger partial charge is 0.493 e. The van der Waals surface area contributed by atoms with E-state index in [4.69, 9.17) is 15.2 Å². The second-order valence-corrected chi connectivity index (χ2v) is 7.41. The molecule has 3 aromatic rings. The van der Waals surface area contributed by atoms with Gasteiger partial charge in [0.15, 0.2) is 11.5 Å². The highest BCUT2D eigenvalue weighted by molar-refractivity contribution is 7.15. The van der Waals surface area contributed by atoms with Gasteiger partial charge in [0, 0.05) is 28.1 Å². The topological polar surface area (TPSA) is 73.5 Å². The van der Waals surface area contributed by atoms with Gasteiger partial charge < -0.3 is 20.1 Å². The molecule has 0 aliphatic carbocycles. The molecule has 1 aliphatic rings. The average molecular weight is 368 g/mol. The van der Waals surface area contributed by atoms with Crippen molar-refractivity contribution in [2.45, 2.75) is 13.5 Å². The number of nitrogens with zero attached hydrogens (tertiary/aromatic N) is 3. The van der Waals surface area contributed by atoms with Crippen molar-refractivity contribution in [1.82, 2.24) is 9.97 Å². The summed E-state index contributed by atoms with van der Waals surface area (Å²) in [6, 6.07) is 10.4. The molecule has 0 bridgehead atoms. The summed E-state index contributed by atoms with van der Waals surface area (Å²) in [5.41, 5.74) is 7.95. The normalized spacial score (nSPS) is 13.7. The molecule has 26 heavy (non-hydrogen) atoms. The van der Waals surface area contributed by atoms with E-state index < -0.39 is 0 Å². The Morgan fingerprint density at radius 1 is 1.27 bits per heavy atom. The maximum Gasteiger partial charge on any atom is 0.221 e. The van der Waals surface area contributed by atoms with E-state index in [0.29, 0.717) is 19.7 Å². The van der Waals surface area contributed by atoms with Gasteiger partial charge in [-0.15, -0.1) is 11.3 Å². The van der Waals surface area contributed by atoms with E-state index in [1.165, 1.54) is 9.75 Å². The van der Waals surface area contributed by atoms with Crippen LogP contribution in [0.5, 0.6) is 11.5 Å². The van der Waals surface area contributed by atoms with Gasteiger partial charge in [0.2, 0.25) is 5.95 Å². The molecule has 6 nitrogen and oxygen atoms in total. The Bertz CT molecular complexity index is 941. The van der Waals surface area contributed by atoms with Crippen molar-refractivity contribution in [3.05, 3.63) is 47.0 Å². The Labute approximate surface area is 156 Å². The van der Waals surface area contributed by atoms with E-state index >= 15 is 0 Å². The third-order valence-electron chi connectivity index (χ3n) is 4.33. The van der Waals surface area contributed by atoms with Crippen LogP contribution in [0.2, 0.25) is 0 Å². The molecule has 2 aromatic heterocycles. The summed E-state index contributed by atoms with van der Waals surface area (Å²) in [4.78, 5) is 13.0. The van der Waals surface area contributed by atoms with Crippen molar-refractivity contribution in [1.29, 1.82) is 0 Å². The highest BCUT2D eigenvalue weighted by Gasteiger charge is 2.22. The van der Waals surface area contributed by atoms with Crippen LogP contribution in [-0.2, 0) is 6.54 Å². The number of anilines is 2. The first-order valence-electron chi connectivity index (χ1n) is 8.38. The van der Waals surface area contributed by atoms with Crippen LogP contribution in [-0.4, -0.2) is 30.2 Å². The van der Waals surface area contributed by atoms with Gasteiger partial charge in [0.1, 0.15) is 12.4 Å². The molecule has 0 saturated heterocycles. The smallest absolute Gasteiger partial charge is 0.221 e. The number of ether oxygens (including phenoxy) is 2. The van der Waals surface area contributed by atoms with E-state index in [2.05, 4.69) is 40.0 Å². The maximum atomic E-state index is 6.01. The van der Waals surface area contributed by atoms with E-state index in [0.717, 1.165) is 28.4 Å². The zero-order chi connectivity index (χ0) is 18.1. The van der Waals surface area contributed by atoms with Crippen molar-refractivity contribution in [2.24, 2.45) is 0 Å². The molecule has 7 heteroatoms. The summed E-state index contributed by atoms with van der Waals surface area (Å²) in [5, 5.41) is 0. The highest BCUT2D eigenvalue weighted by atomic mass is 32.1. The summed E-state index contributed by atoms with van der Waals surface area (Å²) >= 11 is 1.77. The first-order chi connectivity index (χ1) is 12.6. The van der Waals surface area contributed by atoms with Gasteiger partial charge in [0.05, 0.1) is 13.7 Å². The number of aryl methyl sites for hydroxylation is 1. The van der Waals surface area contributed by atoms with Gasteiger partial charge in [-0.3, -0.25) is 0 Å². The first kappa shape index (κ1) is 16.7. The number of aromatic nitrogens is 2. The molecule has 1 aromatic carbocycles. The van der Waals surface area contributed by atoms with Gasteiger partial charge >= 0.3 is 0 Å². The number of rotatable bonds is 3. The number of methoxy groups -OCH3 is 1. The van der Waals surface area contributed by atoms with Crippen molar-refractivity contribution < 1.29 is 9.47 Å². The summed E-state index contributed by atoms with van der Waals surface area (Å²) in [5.74, 6) is 2.63. The molecular formula is C19H20N4O2S. The van der Waals surface area contributed by atoms with Crippen LogP contribution in [0.3, 0.4) is 0 Å². The van der Waals surface area contributed by atoms with Gasteiger partial charge in [-0.1, -0.05) is 0 Å². The molecular weight excluding hydrogens is 348 g/mol. The molecule has 3 heterocycles. The first-order valence-corrected chi connectivity index (χ1v) is 9.19. The Hall–Kier alpha value is -2.80. The summed E-state index contributed by atoms with van der Waals surface area (Å²) in [6.07, 6.45) is 1.68. The fraction of sp³-hybridized carbons (Fsp3) is 0.263. The monoisotopic (exact) mass is 368 g/mol. The molecule has 0 radical (unpaired) electrons. The van der Waals surface area contributed by atoms with E-state index in [9.17, 15) is 0 Å². The SMILES string of the molecule is COc1cc(-c2ccc(C)s2)cc2c1OCCN(c1ccnc(N)n1)C2. The second-order valence-electron chi connectivity index (χ2n) is 6.12. The van der Waals surface area contributed by atoms with Gasteiger partial charge in [-0.25, -0.2) is 4.98 Å². The number of hydrogen-bond donors (Lipinski definition) is 1. The predicted octanol–water partition coefficient (Wildman–Crippen LogP) is 3.50. The standard InChI is InChI=1S/C19H20N4O2S/c1-12-3-4-16(26-12)13-9-14-11-23(17-5-6-21-19(20)22-17)7-8-25-18(14)15(10-13)24-2/h3-6,9-10H,7-8,11H2,1-2H3,(H2,20,21,22). The lowest BCUT2D eigenvalue weighted by atomic mass is 10.1. The number of nitrogens with two attached hydrogens (primary N) is 1. The second kappa shape index (κ2) is 6.84. The number of benzene rings is 1.